The fraction of sp³-hybridized carbons (Fsp3) is 0.529. The number of hydrogen-bond donors (Lipinski definition) is 10. The first-order valence-corrected chi connectivity index (χ1v) is 9.84. The number of aromatic nitrogens is 2. The molecule has 0 aromatic carbocycles. The molecule has 2 heterocycles. The second-order valence-corrected chi connectivity index (χ2v) is 7.53. The summed E-state index contributed by atoms with van der Waals surface area (Å²) in [5, 5.41) is 60.7. The number of amides is 2. The summed E-state index contributed by atoms with van der Waals surface area (Å²) in [4.78, 5) is 71.3. The number of carboxylic acids is 2. The molecule has 1 aromatic rings. The van der Waals surface area contributed by atoms with Crippen LogP contribution in [0.4, 0.5) is 4.79 Å². The minimum absolute atomic E-state index is 0.393. The molecule has 1 saturated heterocycles. The number of H-pyrrole nitrogens is 1. The van der Waals surface area contributed by atoms with E-state index in [1.165, 1.54) is 0 Å². The minimum atomic E-state index is -2.16. The predicted molar refractivity (Wildman–Crippen MR) is 109 cm³/mol. The van der Waals surface area contributed by atoms with Crippen molar-refractivity contribution in [2.75, 3.05) is 6.61 Å². The third-order valence-electron chi connectivity index (χ3n) is 5.10. The average Bonchev–Trinajstić information content (AvgIpc) is 3.08. The number of carbonyl (C=O) groups excluding carboxylic acids is 2. The summed E-state index contributed by atoms with van der Waals surface area (Å²) in [7, 11) is 0. The van der Waals surface area contributed by atoms with Crippen molar-refractivity contribution in [1.82, 2.24) is 14.9 Å². The van der Waals surface area contributed by atoms with E-state index in [4.69, 9.17) is 21.3 Å². The molecule has 2 unspecified atom stereocenters. The van der Waals surface area contributed by atoms with Gasteiger partial charge in [0.25, 0.3) is 5.56 Å². The Bertz CT molecular complexity index is 1130. The highest BCUT2D eigenvalue weighted by Crippen LogP contribution is 2.30. The highest BCUT2D eigenvalue weighted by Gasteiger charge is 2.50. The number of primary amides is 1. The fourth-order valence-electron chi connectivity index (χ4n) is 3.21. The first-order valence-electron chi connectivity index (χ1n) is 9.84. The topological polar surface area (TPSA) is 327 Å². The van der Waals surface area contributed by atoms with Crippen molar-refractivity contribution in [3.05, 3.63) is 32.6 Å². The van der Waals surface area contributed by atoms with E-state index in [1.54, 1.807) is 4.98 Å². The Kier molecular flexibility index (Phi) is 8.85. The lowest BCUT2D eigenvalue weighted by Crippen LogP contribution is -2.60. The van der Waals surface area contributed by atoms with Crippen LogP contribution in [0, 0.1) is 0 Å². The summed E-state index contributed by atoms with van der Waals surface area (Å²) in [6.45, 7) is -0.857. The van der Waals surface area contributed by atoms with Gasteiger partial charge in [0, 0.05) is 6.20 Å². The molecule has 0 aliphatic carbocycles. The zero-order chi connectivity index (χ0) is 27.5. The molecule has 1 aliphatic rings. The molecule has 12 N–H and O–H groups in total. The standard InChI is InChI=1S/C17H23N5O14/c18-5(7(24)4(23)2-35-16(19)33)12(28)20-6(15(31)32)10-8(25)9(26)13(36-10)22-1-3(14(29)30)11(27)21-17(22)34/h1,4-10,13,23-26H,2,18H2,(H2,19,33)(H,20,28)(H,29,30)(H,31,32)(H,21,27,34)/t4-,5-,6-,7+,8-,9+,10?,13?/m0/s1. The minimum Gasteiger partial charge on any atom is -0.480 e. The maximum Gasteiger partial charge on any atom is 0.404 e. The van der Waals surface area contributed by atoms with Gasteiger partial charge in [-0.3, -0.25) is 19.1 Å². The number of carboxylic acid groups (broad SMARTS) is 2. The zero-order valence-electron chi connectivity index (χ0n) is 18.0. The Hall–Kier alpha value is -3.88. The van der Waals surface area contributed by atoms with Crippen LogP contribution < -0.4 is 28.0 Å². The first kappa shape index (κ1) is 28.4. The van der Waals surface area contributed by atoms with E-state index < -0.39 is 96.2 Å². The van der Waals surface area contributed by atoms with Crippen LogP contribution in [0.25, 0.3) is 0 Å². The van der Waals surface area contributed by atoms with E-state index in [0.717, 1.165) is 0 Å². The molecule has 0 spiro atoms. The van der Waals surface area contributed by atoms with Crippen LogP contribution in [0.2, 0.25) is 0 Å². The van der Waals surface area contributed by atoms with Gasteiger partial charge < -0.3 is 56.9 Å². The number of aliphatic hydroxyl groups excluding tert-OH is 4. The Morgan fingerprint density at radius 2 is 1.78 bits per heavy atom. The number of hydrogen-bond acceptors (Lipinski definition) is 13. The molecule has 1 aromatic heterocycles. The van der Waals surface area contributed by atoms with E-state index in [9.17, 15) is 54.3 Å². The van der Waals surface area contributed by atoms with Crippen molar-refractivity contribution in [3.8, 4) is 0 Å². The number of aromatic carboxylic acids is 1. The van der Waals surface area contributed by atoms with Gasteiger partial charge in [0.2, 0.25) is 5.91 Å². The second-order valence-electron chi connectivity index (χ2n) is 7.53. The lowest BCUT2D eigenvalue weighted by atomic mass is 10.0. The SMILES string of the molecule is NC(=O)OC[C@H](O)[C@@H](O)[C@H](N)C(=O)N[C@H](C(=O)O)C1OC(n2cc(C(=O)O)c(=O)[nH]c2=O)[C@H](O)[C@@H]1O. The Morgan fingerprint density at radius 3 is 2.31 bits per heavy atom. The molecule has 0 radical (unpaired) electrons. The number of nitrogens with one attached hydrogen (secondary N) is 2. The number of nitrogens with two attached hydrogens (primary N) is 2. The largest absolute Gasteiger partial charge is 0.480 e. The van der Waals surface area contributed by atoms with Gasteiger partial charge in [-0.1, -0.05) is 0 Å². The van der Waals surface area contributed by atoms with Gasteiger partial charge in [0.05, 0.1) is 0 Å². The Labute approximate surface area is 198 Å². The number of aliphatic hydroxyl groups is 4. The summed E-state index contributed by atoms with van der Waals surface area (Å²) in [5.74, 6) is -4.98. The van der Waals surface area contributed by atoms with Crippen molar-refractivity contribution < 1.29 is 59.3 Å². The van der Waals surface area contributed by atoms with Gasteiger partial charge in [-0.15, -0.1) is 0 Å². The Balaban J connectivity index is 2.25. The van der Waals surface area contributed by atoms with Crippen LogP contribution in [0.3, 0.4) is 0 Å². The van der Waals surface area contributed by atoms with Crippen LogP contribution in [-0.4, -0.2) is 113 Å². The highest BCUT2D eigenvalue weighted by molar-refractivity contribution is 5.88. The smallest absolute Gasteiger partial charge is 0.404 e. The average molecular weight is 521 g/mol. The van der Waals surface area contributed by atoms with E-state index in [2.05, 4.69) is 4.74 Å². The molecule has 19 nitrogen and oxygen atoms in total. The van der Waals surface area contributed by atoms with Gasteiger partial charge in [0.15, 0.2) is 12.3 Å². The first-order chi connectivity index (χ1) is 16.7. The number of aliphatic carboxylic acids is 1. The van der Waals surface area contributed by atoms with Crippen molar-refractivity contribution in [2.24, 2.45) is 11.5 Å². The van der Waals surface area contributed by atoms with Gasteiger partial charge in [0.1, 0.15) is 48.7 Å². The molecule has 2 rings (SSSR count). The molecule has 2 amide bonds. The highest BCUT2D eigenvalue weighted by atomic mass is 16.6. The molecule has 0 bridgehead atoms. The molecule has 200 valence electrons. The molecule has 19 heteroatoms. The number of aromatic amines is 1. The third kappa shape index (κ3) is 6.02. The molecule has 36 heavy (non-hydrogen) atoms. The normalized spacial score (nSPS) is 24.8. The number of carbonyl (C=O) groups is 4. The van der Waals surface area contributed by atoms with Gasteiger partial charge in [-0.2, -0.15) is 0 Å². The summed E-state index contributed by atoms with van der Waals surface area (Å²) in [6.07, 6.45) is -12.8. The quantitative estimate of drug-likeness (QED) is 0.137. The molecule has 8 atom stereocenters. The lowest BCUT2D eigenvalue weighted by molar-refractivity contribution is -0.150. The summed E-state index contributed by atoms with van der Waals surface area (Å²) < 4.78 is 9.88. The second kappa shape index (κ2) is 11.2. The van der Waals surface area contributed by atoms with E-state index in [1.807, 2.05) is 5.32 Å². The van der Waals surface area contributed by atoms with Gasteiger partial charge >= 0.3 is 23.7 Å². The third-order valence-corrected chi connectivity index (χ3v) is 5.10. The van der Waals surface area contributed by atoms with Crippen LogP contribution in [0.5, 0.6) is 0 Å². The van der Waals surface area contributed by atoms with Crippen molar-refractivity contribution in [2.45, 2.75) is 48.8 Å². The van der Waals surface area contributed by atoms with E-state index in [0.29, 0.717) is 10.8 Å². The molecule has 1 aliphatic heterocycles. The zero-order valence-corrected chi connectivity index (χ0v) is 18.0. The molecule has 0 saturated carbocycles. The van der Waals surface area contributed by atoms with Crippen molar-refractivity contribution in [1.29, 1.82) is 0 Å². The van der Waals surface area contributed by atoms with E-state index >= 15 is 0 Å². The summed E-state index contributed by atoms with van der Waals surface area (Å²) >= 11 is 0. The molecular formula is C17H23N5O14. The van der Waals surface area contributed by atoms with Gasteiger partial charge in [-0.25, -0.2) is 19.2 Å². The molecular weight excluding hydrogens is 498 g/mol. The number of ether oxygens (including phenoxy) is 2. The monoisotopic (exact) mass is 521 g/mol. The fourth-order valence-corrected chi connectivity index (χ4v) is 3.21. The van der Waals surface area contributed by atoms with Gasteiger partial charge in [-0.05, 0) is 0 Å². The van der Waals surface area contributed by atoms with Crippen LogP contribution >= 0.6 is 0 Å². The number of rotatable bonds is 10. The van der Waals surface area contributed by atoms with E-state index in [-0.39, 0.29) is 0 Å². The summed E-state index contributed by atoms with van der Waals surface area (Å²) in [5.41, 5.74) is 6.72. The van der Waals surface area contributed by atoms with Crippen LogP contribution in [0.15, 0.2) is 15.8 Å². The van der Waals surface area contributed by atoms with Crippen LogP contribution in [-0.2, 0) is 19.1 Å². The summed E-state index contributed by atoms with van der Waals surface area (Å²) in [6, 6.07) is -4.17. The van der Waals surface area contributed by atoms with Crippen molar-refractivity contribution in [3.63, 3.8) is 0 Å². The lowest BCUT2D eigenvalue weighted by Gasteiger charge is -2.27. The maximum atomic E-state index is 12.4. The van der Waals surface area contributed by atoms with Crippen LogP contribution in [0.1, 0.15) is 16.6 Å². The molecule has 1 fully saturated rings. The number of nitrogens with zero attached hydrogens (tertiary/aromatic N) is 1. The Morgan fingerprint density at radius 1 is 1.17 bits per heavy atom. The maximum absolute atomic E-state index is 12.4. The van der Waals surface area contributed by atoms with Crippen molar-refractivity contribution >= 4 is 23.9 Å². The predicted octanol–water partition coefficient (Wildman–Crippen LogP) is -6.43.